The van der Waals surface area contributed by atoms with E-state index in [-0.39, 0.29) is 23.7 Å². The van der Waals surface area contributed by atoms with E-state index < -0.39 is 22.1 Å². The fourth-order valence-electron chi connectivity index (χ4n) is 3.97. The summed E-state index contributed by atoms with van der Waals surface area (Å²) < 4.78 is 64.1. The molecule has 1 fully saturated rings. The molecule has 29 heavy (non-hydrogen) atoms. The van der Waals surface area contributed by atoms with Crippen LogP contribution in [0.15, 0.2) is 29.6 Å². The summed E-state index contributed by atoms with van der Waals surface area (Å²) in [6.45, 7) is 2.18. The van der Waals surface area contributed by atoms with Crippen molar-refractivity contribution in [2.45, 2.75) is 43.7 Å². The smallest absolute Gasteiger partial charge is 0.384 e. The number of benzene rings is 1. The van der Waals surface area contributed by atoms with Crippen LogP contribution in [0, 0.1) is 18.8 Å². The lowest BCUT2D eigenvalue weighted by molar-refractivity contribution is -0.183. The minimum Gasteiger partial charge on any atom is -0.384 e. The Morgan fingerprint density at radius 1 is 1.24 bits per heavy atom. The second kappa shape index (κ2) is 7.98. The van der Waals surface area contributed by atoms with Crippen LogP contribution in [0.4, 0.5) is 18.9 Å². The minimum absolute atomic E-state index is 0.0226. The number of rotatable bonds is 5. The Morgan fingerprint density at radius 3 is 2.41 bits per heavy atom. The molecule has 1 heterocycles. The van der Waals surface area contributed by atoms with E-state index in [1.165, 1.54) is 6.07 Å². The molecule has 0 radical (unpaired) electrons. The first-order valence-corrected chi connectivity index (χ1v) is 11.0. The molecule has 3 rings (SSSR count). The van der Waals surface area contributed by atoms with E-state index >= 15 is 0 Å². The number of hydrogen-bond donors (Lipinski definition) is 2. The number of anilines is 1. The summed E-state index contributed by atoms with van der Waals surface area (Å²) in [5, 5.41) is 8.63. The van der Waals surface area contributed by atoms with Crippen molar-refractivity contribution >= 4 is 15.7 Å². The molecule has 1 saturated carbocycles. The van der Waals surface area contributed by atoms with Gasteiger partial charge in [-0.3, -0.25) is 0 Å². The van der Waals surface area contributed by atoms with Gasteiger partial charge in [0, 0.05) is 31.0 Å². The maximum atomic E-state index is 12.9. The second-order valence-corrected chi connectivity index (χ2v) is 9.25. The second-order valence-electron chi connectivity index (χ2n) is 7.72. The predicted molar refractivity (Wildman–Crippen MR) is 105 cm³/mol. The summed E-state index contributed by atoms with van der Waals surface area (Å²) in [5.74, 6) is -1.08. The van der Waals surface area contributed by atoms with Crippen LogP contribution in [0.3, 0.4) is 0 Å². The van der Waals surface area contributed by atoms with Crippen molar-refractivity contribution in [1.82, 2.24) is 9.55 Å². The Hall–Kier alpha value is -2.07. The van der Waals surface area contributed by atoms with Gasteiger partial charge in [-0.2, -0.15) is 13.2 Å². The van der Waals surface area contributed by atoms with Crippen LogP contribution in [0.2, 0.25) is 0 Å². The van der Waals surface area contributed by atoms with E-state index in [0.717, 1.165) is 0 Å². The number of primary sulfonamides is 1. The van der Waals surface area contributed by atoms with Crippen molar-refractivity contribution in [3.8, 4) is 11.3 Å². The number of halogens is 3. The summed E-state index contributed by atoms with van der Waals surface area (Å²) in [6, 6.07) is 3.08. The van der Waals surface area contributed by atoms with E-state index in [0.29, 0.717) is 41.9 Å². The molecular formula is C19H25F3N4O2S. The lowest BCUT2D eigenvalue weighted by Gasteiger charge is -2.30. The van der Waals surface area contributed by atoms with Crippen LogP contribution in [-0.2, 0) is 17.1 Å². The Bertz CT molecular complexity index is 978. The van der Waals surface area contributed by atoms with E-state index in [9.17, 15) is 21.6 Å². The largest absolute Gasteiger partial charge is 0.391 e. The van der Waals surface area contributed by atoms with Crippen LogP contribution in [0.25, 0.3) is 11.3 Å². The molecule has 1 aromatic carbocycles. The maximum Gasteiger partial charge on any atom is 0.391 e. The van der Waals surface area contributed by atoms with Crippen molar-refractivity contribution < 1.29 is 21.6 Å². The normalized spacial score (nSPS) is 20.6. The molecule has 1 aromatic heterocycles. The lowest BCUT2D eigenvalue weighted by Crippen LogP contribution is -2.30. The quantitative estimate of drug-likeness (QED) is 0.755. The molecule has 0 spiro atoms. The number of nitrogens with one attached hydrogen (secondary N) is 1. The third kappa shape index (κ3) is 4.92. The average molecular weight is 430 g/mol. The number of aromatic nitrogens is 2. The molecule has 0 unspecified atom stereocenters. The van der Waals surface area contributed by atoms with Gasteiger partial charge in [0.05, 0.1) is 22.8 Å². The summed E-state index contributed by atoms with van der Waals surface area (Å²) >= 11 is 0. The molecule has 160 valence electrons. The Morgan fingerprint density at radius 2 is 1.90 bits per heavy atom. The van der Waals surface area contributed by atoms with Crippen LogP contribution < -0.4 is 10.5 Å². The third-order valence-corrected chi connectivity index (χ3v) is 6.63. The molecule has 0 aliphatic heterocycles. The Kier molecular flexibility index (Phi) is 5.96. The fourth-order valence-corrected chi connectivity index (χ4v) is 4.75. The van der Waals surface area contributed by atoms with Crippen LogP contribution >= 0.6 is 0 Å². The van der Waals surface area contributed by atoms with Gasteiger partial charge >= 0.3 is 6.18 Å². The van der Waals surface area contributed by atoms with Crippen molar-refractivity contribution in [3.05, 3.63) is 30.2 Å². The SMILES string of the molecule is Cc1c(S(N)(=O)=O)ccc(NCC2CCC(C(F)(F)F)CC2)c1-c1cn(C)cn1. The Balaban J connectivity index is 1.82. The number of nitrogens with zero attached hydrogens (tertiary/aromatic N) is 2. The van der Waals surface area contributed by atoms with Crippen molar-refractivity contribution in [1.29, 1.82) is 0 Å². The lowest BCUT2D eigenvalue weighted by atomic mass is 9.81. The van der Waals surface area contributed by atoms with Gasteiger partial charge in [-0.15, -0.1) is 0 Å². The number of aryl methyl sites for hydroxylation is 1. The number of hydrogen-bond acceptors (Lipinski definition) is 4. The van der Waals surface area contributed by atoms with Gasteiger partial charge in [-0.1, -0.05) is 0 Å². The molecular weight excluding hydrogens is 405 g/mol. The van der Waals surface area contributed by atoms with Crippen molar-refractivity contribution in [2.75, 3.05) is 11.9 Å². The first kappa shape index (κ1) is 21.6. The highest BCUT2D eigenvalue weighted by Gasteiger charge is 2.41. The number of imidazole rings is 1. The Labute approximate surface area is 168 Å². The van der Waals surface area contributed by atoms with Crippen molar-refractivity contribution in [3.63, 3.8) is 0 Å². The monoisotopic (exact) mass is 430 g/mol. The molecule has 0 saturated heterocycles. The number of alkyl halides is 3. The van der Waals surface area contributed by atoms with E-state index in [1.807, 2.05) is 7.05 Å². The fraction of sp³-hybridized carbons (Fsp3) is 0.526. The molecule has 2 aromatic rings. The highest BCUT2D eigenvalue weighted by atomic mass is 32.2. The molecule has 0 atom stereocenters. The zero-order valence-electron chi connectivity index (χ0n) is 16.3. The highest BCUT2D eigenvalue weighted by molar-refractivity contribution is 7.89. The van der Waals surface area contributed by atoms with Gasteiger partial charge in [0.25, 0.3) is 0 Å². The third-order valence-electron chi connectivity index (χ3n) is 5.57. The predicted octanol–water partition coefficient (Wildman–Crippen LogP) is 3.82. The van der Waals surface area contributed by atoms with Gasteiger partial charge in [-0.25, -0.2) is 18.5 Å². The first-order chi connectivity index (χ1) is 13.5. The standard InChI is InChI=1S/C19H25F3N4O2S/c1-12-17(29(23,27)28)8-7-15(18(12)16-10-26(2)11-25-16)24-9-13-3-5-14(6-4-13)19(20,21)22/h7-8,10-11,13-14,24H,3-6,9H2,1-2H3,(H2,23,27,28). The summed E-state index contributed by atoms with van der Waals surface area (Å²) in [7, 11) is -2.09. The van der Waals surface area contributed by atoms with Crippen molar-refractivity contribution in [2.24, 2.45) is 24.0 Å². The molecule has 6 nitrogen and oxygen atoms in total. The van der Waals surface area contributed by atoms with Crippen LogP contribution in [0.5, 0.6) is 0 Å². The van der Waals surface area contributed by atoms with Crippen LogP contribution in [0.1, 0.15) is 31.2 Å². The summed E-state index contributed by atoms with van der Waals surface area (Å²) in [6.07, 6.45) is 0.564. The van der Waals surface area contributed by atoms with Gasteiger partial charge in [0.15, 0.2) is 0 Å². The van der Waals surface area contributed by atoms with Crippen LogP contribution in [-0.4, -0.2) is 30.7 Å². The molecule has 10 heteroatoms. The topological polar surface area (TPSA) is 90.0 Å². The summed E-state index contributed by atoms with van der Waals surface area (Å²) in [4.78, 5) is 4.35. The zero-order chi connectivity index (χ0) is 21.4. The average Bonchev–Trinajstić information content (AvgIpc) is 3.04. The van der Waals surface area contributed by atoms with Gasteiger partial charge in [0.1, 0.15) is 0 Å². The van der Waals surface area contributed by atoms with Gasteiger partial charge < -0.3 is 9.88 Å². The first-order valence-electron chi connectivity index (χ1n) is 9.42. The minimum atomic E-state index is -4.12. The number of sulfonamides is 1. The van der Waals surface area contributed by atoms with E-state index in [1.54, 1.807) is 30.1 Å². The molecule has 0 bridgehead atoms. The van der Waals surface area contributed by atoms with E-state index in [4.69, 9.17) is 5.14 Å². The maximum absolute atomic E-state index is 12.9. The molecule has 0 amide bonds. The zero-order valence-corrected chi connectivity index (χ0v) is 17.1. The van der Waals surface area contributed by atoms with E-state index in [2.05, 4.69) is 10.3 Å². The summed E-state index contributed by atoms with van der Waals surface area (Å²) in [5.41, 5.74) is 2.39. The van der Waals surface area contributed by atoms with Gasteiger partial charge in [0.2, 0.25) is 10.0 Å². The molecule has 3 N–H and O–H groups in total. The number of nitrogens with two attached hydrogens (primary N) is 1. The molecule has 1 aliphatic rings. The molecule has 1 aliphatic carbocycles. The van der Waals surface area contributed by atoms with Gasteiger partial charge in [-0.05, 0) is 56.2 Å². The highest BCUT2D eigenvalue weighted by Crippen LogP contribution is 2.40.